The first kappa shape index (κ1) is 13.6. The molecule has 2 heterocycles. The summed E-state index contributed by atoms with van der Waals surface area (Å²) >= 11 is 0. The van der Waals surface area contributed by atoms with Crippen molar-refractivity contribution in [2.75, 3.05) is 11.9 Å². The van der Waals surface area contributed by atoms with Gasteiger partial charge < -0.3 is 10.1 Å². The van der Waals surface area contributed by atoms with Crippen molar-refractivity contribution in [3.63, 3.8) is 0 Å². The van der Waals surface area contributed by atoms with Gasteiger partial charge in [0.1, 0.15) is 11.6 Å². The third kappa shape index (κ3) is 2.74. The van der Waals surface area contributed by atoms with Crippen molar-refractivity contribution in [3.8, 4) is 5.75 Å². The maximum absolute atomic E-state index is 12.2. The molecule has 110 valence electrons. The number of H-pyrrole nitrogens is 1. The van der Waals surface area contributed by atoms with E-state index in [1.54, 1.807) is 0 Å². The summed E-state index contributed by atoms with van der Waals surface area (Å²) in [6.07, 6.45) is 0.869. The van der Waals surface area contributed by atoms with E-state index in [2.05, 4.69) is 20.5 Å². The number of aromatic nitrogens is 3. The van der Waals surface area contributed by atoms with Gasteiger partial charge in [-0.2, -0.15) is 0 Å². The third-order valence-corrected chi connectivity index (χ3v) is 3.35. The van der Waals surface area contributed by atoms with Gasteiger partial charge in [0.05, 0.1) is 6.61 Å². The summed E-state index contributed by atoms with van der Waals surface area (Å²) < 4.78 is 5.44. The van der Waals surface area contributed by atoms with Gasteiger partial charge in [-0.15, -0.1) is 5.10 Å². The Hall–Kier alpha value is -2.37. The molecule has 0 saturated carbocycles. The Balaban J connectivity index is 1.76. The van der Waals surface area contributed by atoms with Gasteiger partial charge in [-0.3, -0.25) is 9.89 Å². The minimum absolute atomic E-state index is 0.150. The molecule has 6 nitrogen and oxygen atoms in total. The number of hydrogen-bond acceptors (Lipinski definition) is 4. The number of carbonyl (C=O) groups excluding carboxylic acids is 1. The van der Waals surface area contributed by atoms with Crippen molar-refractivity contribution >= 4 is 11.6 Å². The predicted molar refractivity (Wildman–Crippen MR) is 78.7 cm³/mol. The van der Waals surface area contributed by atoms with E-state index < -0.39 is 0 Å². The van der Waals surface area contributed by atoms with Crippen molar-refractivity contribution in [1.29, 1.82) is 0 Å². The van der Waals surface area contributed by atoms with Crippen LogP contribution in [-0.4, -0.2) is 27.7 Å². The molecule has 0 unspecified atom stereocenters. The second-order valence-corrected chi connectivity index (χ2v) is 6.13. The molecule has 21 heavy (non-hydrogen) atoms. The molecule has 0 fully saturated rings. The molecule has 1 amide bonds. The van der Waals surface area contributed by atoms with E-state index in [1.807, 2.05) is 39.0 Å². The van der Waals surface area contributed by atoms with Gasteiger partial charge in [0.25, 0.3) is 5.91 Å². The Morgan fingerprint density at radius 1 is 1.38 bits per heavy atom. The zero-order valence-electron chi connectivity index (χ0n) is 12.4. The van der Waals surface area contributed by atoms with Crippen LogP contribution >= 0.6 is 0 Å². The average Bonchev–Trinajstić information content (AvgIpc) is 3.06. The molecule has 1 aromatic carbocycles. The normalized spacial score (nSPS) is 13.7. The largest absolute Gasteiger partial charge is 0.493 e. The van der Waals surface area contributed by atoms with Crippen molar-refractivity contribution in [3.05, 3.63) is 35.4 Å². The minimum atomic E-state index is -0.319. The lowest BCUT2D eigenvalue weighted by atomic mass is 9.96. The van der Waals surface area contributed by atoms with Crippen LogP contribution in [0.5, 0.6) is 5.75 Å². The monoisotopic (exact) mass is 286 g/mol. The molecular weight excluding hydrogens is 268 g/mol. The molecule has 1 aliphatic rings. The number of fused-ring (bicyclic) bond motifs is 1. The molecular formula is C15H18N4O2. The quantitative estimate of drug-likeness (QED) is 0.887. The summed E-state index contributed by atoms with van der Waals surface area (Å²) in [6.45, 7) is 6.73. The zero-order chi connectivity index (χ0) is 15.0. The van der Waals surface area contributed by atoms with Crippen LogP contribution in [-0.2, 0) is 11.8 Å². The molecule has 2 aromatic rings. The number of carbonyl (C=O) groups is 1. The first-order chi connectivity index (χ1) is 9.93. The topological polar surface area (TPSA) is 79.9 Å². The first-order valence-electron chi connectivity index (χ1n) is 6.93. The lowest BCUT2D eigenvalue weighted by Gasteiger charge is -2.12. The summed E-state index contributed by atoms with van der Waals surface area (Å²) in [4.78, 5) is 16.4. The van der Waals surface area contributed by atoms with Gasteiger partial charge in [0.2, 0.25) is 5.82 Å². The van der Waals surface area contributed by atoms with Crippen LogP contribution in [0, 0.1) is 0 Å². The lowest BCUT2D eigenvalue weighted by molar-refractivity contribution is 0.101. The van der Waals surface area contributed by atoms with Crippen LogP contribution in [0.15, 0.2) is 18.2 Å². The molecule has 6 heteroatoms. The summed E-state index contributed by atoms with van der Waals surface area (Å²) in [6, 6.07) is 5.62. The molecule has 0 atom stereocenters. The van der Waals surface area contributed by atoms with Crippen molar-refractivity contribution in [2.45, 2.75) is 32.6 Å². The fraction of sp³-hybridized carbons (Fsp3) is 0.400. The molecule has 0 radical (unpaired) electrons. The minimum Gasteiger partial charge on any atom is -0.493 e. The summed E-state index contributed by atoms with van der Waals surface area (Å²) in [5.41, 5.74) is 1.67. The summed E-state index contributed by atoms with van der Waals surface area (Å²) in [5.74, 6) is 1.41. The smallest absolute Gasteiger partial charge is 0.295 e. The number of aromatic amines is 1. The number of nitrogens with one attached hydrogen (secondary N) is 2. The highest BCUT2D eigenvalue weighted by atomic mass is 16.5. The van der Waals surface area contributed by atoms with Crippen molar-refractivity contribution in [2.24, 2.45) is 0 Å². The number of benzene rings is 1. The van der Waals surface area contributed by atoms with Crippen molar-refractivity contribution in [1.82, 2.24) is 15.2 Å². The molecule has 0 aliphatic carbocycles. The van der Waals surface area contributed by atoms with Gasteiger partial charge in [0.15, 0.2) is 0 Å². The van der Waals surface area contributed by atoms with E-state index in [0.717, 1.165) is 23.4 Å². The summed E-state index contributed by atoms with van der Waals surface area (Å²) in [5, 5.41) is 9.60. The van der Waals surface area contributed by atoms with Gasteiger partial charge in [-0.1, -0.05) is 20.8 Å². The van der Waals surface area contributed by atoms with Gasteiger partial charge in [0, 0.05) is 17.5 Å². The van der Waals surface area contributed by atoms with Crippen LogP contribution in [0.25, 0.3) is 0 Å². The first-order valence-corrected chi connectivity index (χ1v) is 6.93. The van der Waals surface area contributed by atoms with E-state index in [-0.39, 0.29) is 17.1 Å². The SMILES string of the molecule is CC(C)(C)c1nc(C(=O)Nc2ccc3c(c2)CCO3)n[nH]1. The number of rotatable bonds is 2. The lowest BCUT2D eigenvalue weighted by Crippen LogP contribution is -2.16. The predicted octanol–water partition coefficient (Wildman–Crippen LogP) is 2.29. The van der Waals surface area contributed by atoms with Crippen LogP contribution in [0.1, 0.15) is 42.8 Å². The van der Waals surface area contributed by atoms with Crippen LogP contribution in [0.4, 0.5) is 5.69 Å². The van der Waals surface area contributed by atoms with E-state index in [4.69, 9.17) is 4.74 Å². The zero-order valence-corrected chi connectivity index (χ0v) is 12.4. The standard InChI is InChI=1S/C15H18N4O2/c1-15(2,3)14-17-12(18-19-14)13(20)16-10-4-5-11-9(8-10)6-7-21-11/h4-5,8H,6-7H2,1-3H3,(H,16,20)(H,17,18,19). The Bertz CT molecular complexity index is 685. The van der Waals surface area contributed by atoms with Gasteiger partial charge in [-0.05, 0) is 23.8 Å². The van der Waals surface area contributed by atoms with Crippen LogP contribution < -0.4 is 10.1 Å². The Morgan fingerprint density at radius 3 is 2.90 bits per heavy atom. The Labute approximate surface area is 122 Å². The fourth-order valence-corrected chi connectivity index (χ4v) is 2.15. The Kier molecular flexibility index (Phi) is 3.16. The highest BCUT2D eigenvalue weighted by molar-refractivity contribution is 6.01. The molecule has 1 aromatic heterocycles. The molecule has 3 rings (SSSR count). The maximum atomic E-state index is 12.2. The molecule has 0 spiro atoms. The van der Waals surface area contributed by atoms with Gasteiger partial charge in [-0.25, -0.2) is 4.98 Å². The molecule has 0 saturated heterocycles. The number of ether oxygens (including phenoxy) is 1. The van der Waals surface area contributed by atoms with E-state index in [0.29, 0.717) is 12.4 Å². The third-order valence-electron chi connectivity index (χ3n) is 3.35. The van der Waals surface area contributed by atoms with E-state index >= 15 is 0 Å². The fourth-order valence-electron chi connectivity index (χ4n) is 2.15. The van der Waals surface area contributed by atoms with Crippen LogP contribution in [0.2, 0.25) is 0 Å². The maximum Gasteiger partial charge on any atom is 0.295 e. The number of amides is 1. The van der Waals surface area contributed by atoms with E-state index in [9.17, 15) is 4.79 Å². The number of anilines is 1. The highest BCUT2D eigenvalue weighted by Crippen LogP contribution is 2.28. The number of nitrogens with zero attached hydrogens (tertiary/aromatic N) is 2. The average molecular weight is 286 g/mol. The Morgan fingerprint density at radius 2 is 2.19 bits per heavy atom. The second-order valence-electron chi connectivity index (χ2n) is 6.13. The van der Waals surface area contributed by atoms with E-state index in [1.165, 1.54) is 0 Å². The van der Waals surface area contributed by atoms with Crippen molar-refractivity contribution < 1.29 is 9.53 Å². The molecule has 2 N–H and O–H groups in total. The molecule has 1 aliphatic heterocycles. The molecule has 0 bridgehead atoms. The van der Waals surface area contributed by atoms with Gasteiger partial charge >= 0.3 is 0 Å². The second kappa shape index (κ2) is 4.87. The van der Waals surface area contributed by atoms with Crippen LogP contribution in [0.3, 0.4) is 0 Å². The number of hydrogen-bond donors (Lipinski definition) is 2. The highest BCUT2D eigenvalue weighted by Gasteiger charge is 2.21. The summed E-state index contributed by atoms with van der Waals surface area (Å²) in [7, 11) is 0.